The molecule has 0 aromatic heterocycles. The average molecular weight is 369 g/mol. The average Bonchev–Trinajstić information content (AvgIpc) is 2.61. The topological polar surface area (TPSA) is 116 Å². The van der Waals surface area contributed by atoms with Gasteiger partial charge in [-0.2, -0.15) is 4.31 Å². The van der Waals surface area contributed by atoms with Crippen LogP contribution in [0.4, 0.5) is 0 Å². The van der Waals surface area contributed by atoms with Crippen LogP contribution in [0, 0.1) is 5.92 Å². The lowest BCUT2D eigenvalue weighted by Gasteiger charge is -2.30. The second-order valence-corrected chi connectivity index (χ2v) is 7.70. The molecule has 1 aromatic carbocycles. The second kappa shape index (κ2) is 8.30. The van der Waals surface area contributed by atoms with Crippen LogP contribution in [0.3, 0.4) is 0 Å². The van der Waals surface area contributed by atoms with Crippen LogP contribution in [-0.2, 0) is 19.6 Å². The van der Waals surface area contributed by atoms with E-state index in [1.54, 1.807) is 12.1 Å². The Morgan fingerprint density at radius 1 is 1.24 bits per heavy atom. The molecule has 0 bridgehead atoms. The third-order valence-electron chi connectivity index (χ3n) is 4.15. The van der Waals surface area contributed by atoms with E-state index in [9.17, 15) is 23.1 Å². The Kier molecular flexibility index (Phi) is 6.38. The van der Waals surface area contributed by atoms with Crippen molar-refractivity contribution in [3.05, 3.63) is 24.3 Å². The number of carbonyl (C=O) groups is 2. The number of carboxylic acids is 1. The molecule has 8 nitrogen and oxygen atoms in total. The lowest BCUT2D eigenvalue weighted by Crippen LogP contribution is -2.43. The van der Waals surface area contributed by atoms with Crippen LogP contribution in [0.5, 0.6) is 5.75 Å². The number of amides is 1. The third kappa shape index (κ3) is 4.93. The van der Waals surface area contributed by atoms with Gasteiger partial charge in [-0.15, -0.1) is 0 Å². The van der Waals surface area contributed by atoms with E-state index in [0.717, 1.165) is 0 Å². The van der Waals surface area contributed by atoms with Crippen LogP contribution in [0.15, 0.2) is 29.2 Å². The van der Waals surface area contributed by atoms with Gasteiger partial charge in [0.1, 0.15) is 5.75 Å². The highest BCUT2D eigenvalue weighted by Crippen LogP contribution is 2.25. The number of nitrogens with one attached hydrogen (secondary N) is 1. The Balaban J connectivity index is 1.91. The number of rotatable bonds is 7. The molecular formula is C16H21N2O6S-. The number of piperidine rings is 1. The molecular weight excluding hydrogens is 348 g/mol. The SMILES string of the molecule is COc1ccc(S(=O)(=O)N2CCC(C(=O)NCCC(=O)[O-])CC2)cc1. The van der Waals surface area contributed by atoms with Gasteiger partial charge >= 0.3 is 0 Å². The molecule has 1 N–H and O–H groups in total. The summed E-state index contributed by atoms with van der Waals surface area (Å²) in [6.07, 6.45) is 0.551. The number of aliphatic carboxylic acids is 1. The van der Waals surface area contributed by atoms with Crippen molar-refractivity contribution >= 4 is 21.9 Å². The first-order chi connectivity index (χ1) is 11.8. The highest BCUT2D eigenvalue weighted by atomic mass is 32.2. The molecule has 25 heavy (non-hydrogen) atoms. The highest BCUT2D eigenvalue weighted by molar-refractivity contribution is 7.89. The molecule has 1 heterocycles. The molecule has 0 radical (unpaired) electrons. The van der Waals surface area contributed by atoms with E-state index in [2.05, 4.69) is 5.32 Å². The van der Waals surface area contributed by atoms with Crippen molar-refractivity contribution in [1.82, 2.24) is 9.62 Å². The first-order valence-corrected chi connectivity index (χ1v) is 9.40. The molecule has 2 rings (SSSR count). The molecule has 1 amide bonds. The summed E-state index contributed by atoms with van der Waals surface area (Å²) in [6, 6.07) is 6.16. The summed E-state index contributed by atoms with van der Waals surface area (Å²) in [5.41, 5.74) is 0. The number of sulfonamides is 1. The zero-order chi connectivity index (χ0) is 18.4. The van der Waals surface area contributed by atoms with E-state index in [-0.39, 0.29) is 42.8 Å². The minimum absolute atomic E-state index is 0.0194. The van der Waals surface area contributed by atoms with E-state index < -0.39 is 16.0 Å². The summed E-state index contributed by atoms with van der Waals surface area (Å²) in [4.78, 5) is 22.5. The summed E-state index contributed by atoms with van der Waals surface area (Å²) in [6.45, 7) is 0.505. The summed E-state index contributed by atoms with van der Waals surface area (Å²) in [5, 5.41) is 12.9. The van der Waals surface area contributed by atoms with Gasteiger partial charge in [0, 0.05) is 37.9 Å². The fraction of sp³-hybridized carbons (Fsp3) is 0.500. The molecule has 0 saturated carbocycles. The maximum absolute atomic E-state index is 12.6. The normalized spacial score (nSPS) is 16.4. The number of hydrogen-bond acceptors (Lipinski definition) is 6. The molecule has 0 aliphatic carbocycles. The summed E-state index contributed by atoms with van der Waals surface area (Å²) in [5.74, 6) is -1.21. The van der Waals surface area contributed by atoms with Crippen molar-refractivity contribution in [2.45, 2.75) is 24.2 Å². The van der Waals surface area contributed by atoms with Gasteiger partial charge in [-0.3, -0.25) is 4.79 Å². The fourth-order valence-corrected chi connectivity index (χ4v) is 4.16. The summed E-state index contributed by atoms with van der Waals surface area (Å²) < 4.78 is 31.6. The predicted octanol–water partition coefficient (Wildman–Crippen LogP) is -0.648. The van der Waals surface area contributed by atoms with E-state index in [1.165, 1.54) is 23.5 Å². The lowest BCUT2D eigenvalue weighted by atomic mass is 9.97. The standard InChI is InChI=1S/C16H22N2O6S/c1-24-13-2-4-14(5-3-13)25(22,23)18-10-7-12(8-11-18)16(21)17-9-6-15(19)20/h2-5,12H,6-11H2,1H3,(H,17,21)(H,19,20)/p-1. The number of hydrogen-bond donors (Lipinski definition) is 1. The molecule has 1 aromatic rings. The fourth-order valence-electron chi connectivity index (χ4n) is 2.69. The van der Waals surface area contributed by atoms with E-state index >= 15 is 0 Å². The summed E-state index contributed by atoms with van der Waals surface area (Å²) >= 11 is 0. The van der Waals surface area contributed by atoms with Gasteiger partial charge in [0.2, 0.25) is 15.9 Å². The minimum atomic E-state index is -3.60. The highest BCUT2D eigenvalue weighted by Gasteiger charge is 2.31. The maximum Gasteiger partial charge on any atom is 0.243 e. The van der Waals surface area contributed by atoms with Gasteiger partial charge in [-0.05, 0) is 37.1 Å². The largest absolute Gasteiger partial charge is 0.550 e. The molecule has 1 fully saturated rings. The second-order valence-electron chi connectivity index (χ2n) is 5.77. The van der Waals surface area contributed by atoms with Crippen LogP contribution in [-0.4, -0.2) is 51.3 Å². The number of nitrogens with zero attached hydrogens (tertiary/aromatic N) is 1. The summed E-state index contributed by atoms with van der Waals surface area (Å²) in [7, 11) is -2.10. The Morgan fingerprint density at radius 3 is 2.36 bits per heavy atom. The zero-order valence-electron chi connectivity index (χ0n) is 13.9. The maximum atomic E-state index is 12.6. The van der Waals surface area contributed by atoms with Gasteiger partial charge in [-0.25, -0.2) is 8.42 Å². The van der Waals surface area contributed by atoms with Crippen molar-refractivity contribution in [2.75, 3.05) is 26.7 Å². The Labute approximate surface area is 146 Å². The number of methoxy groups -OCH3 is 1. The smallest absolute Gasteiger partial charge is 0.243 e. The van der Waals surface area contributed by atoms with E-state index in [4.69, 9.17) is 4.74 Å². The van der Waals surface area contributed by atoms with Gasteiger partial charge in [-0.1, -0.05) is 0 Å². The van der Waals surface area contributed by atoms with Crippen LogP contribution >= 0.6 is 0 Å². The molecule has 1 aliphatic heterocycles. The number of ether oxygens (including phenoxy) is 1. The molecule has 0 atom stereocenters. The van der Waals surface area contributed by atoms with Crippen LogP contribution in [0.1, 0.15) is 19.3 Å². The van der Waals surface area contributed by atoms with Gasteiger partial charge < -0.3 is 20.0 Å². The van der Waals surface area contributed by atoms with Crippen molar-refractivity contribution in [2.24, 2.45) is 5.92 Å². The van der Waals surface area contributed by atoms with E-state index in [1.807, 2.05) is 0 Å². The predicted molar refractivity (Wildman–Crippen MR) is 87.1 cm³/mol. The van der Waals surface area contributed by atoms with Crippen molar-refractivity contribution in [1.29, 1.82) is 0 Å². The Morgan fingerprint density at radius 2 is 1.84 bits per heavy atom. The van der Waals surface area contributed by atoms with Crippen molar-refractivity contribution in [3.8, 4) is 5.75 Å². The molecule has 1 saturated heterocycles. The quantitative estimate of drug-likeness (QED) is 0.683. The third-order valence-corrected chi connectivity index (χ3v) is 6.06. The molecule has 138 valence electrons. The van der Waals surface area contributed by atoms with Gasteiger partial charge in [0.25, 0.3) is 0 Å². The molecule has 0 unspecified atom stereocenters. The lowest BCUT2D eigenvalue weighted by molar-refractivity contribution is -0.305. The van der Waals surface area contributed by atoms with Crippen molar-refractivity contribution in [3.63, 3.8) is 0 Å². The first kappa shape index (κ1) is 19.2. The Hall–Kier alpha value is -2.13. The van der Waals surface area contributed by atoms with Crippen LogP contribution < -0.4 is 15.2 Å². The van der Waals surface area contributed by atoms with E-state index in [0.29, 0.717) is 18.6 Å². The van der Waals surface area contributed by atoms with Crippen LogP contribution in [0.2, 0.25) is 0 Å². The minimum Gasteiger partial charge on any atom is -0.550 e. The van der Waals surface area contributed by atoms with Crippen molar-refractivity contribution < 1.29 is 27.9 Å². The number of carbonyl (C=O) groups excluding carboxylic acids is 2. The molecule has 9 heteroatoms. The molecule has 0 spiro atoms. The van der Waals surface area contributed by atoms with Gasteiger partial charge in [0.05, 0.1) is 12.0 Å². The molecule has 1 aliphatic rings. The number of benzene rings is 1. The monoisotopic (exact) mass is 369 g/mol. The number of carboxylic acid groups (broad SMARTS) is 1. The first-order valence-electron chi connectivity index (χ1n) is 7.96. The van der Waals surface area contributed by atoms with Crippen LogP contribution in [0.25, 0.3) is 0 Å². The zero-order valence-corrected chi connectivity index (χ0v) is 14.8. The van der Waals surface area contributed by atoms with Gasteiger partial charge in [0.15, 0.2) is 0 Å². The Bertz CT molecular complexity index is 709.